The Hall–Kier alpha value is -1.32. The summed E-state index contributed by atoms with van der Waals surface area (Å²) >= 11 is 5.95. The van der Waals surface area contributed by atoms with Gasteiger partial charge in [-0.15, -0.1) is 0 Å². The van der Waals surface area contributed by atoms with E-state index < -0.39 is 6.10 Å². The zero-order chi connectivity index (χ0) is 13.3. The lowest BCUT2D eigenvalue weighted by atomic mass is 10.0. The van der Waals surface area contributed by atoms with Gasteiger partial charge in [0.2, 0.25) is 0 Å². The third-order valence-corrected chi connectivity index (χ3v) is 3.20. The van der Waals surface area contributed by atoms with Gasteiger partial charge in [-0.3, -0.25) is 0 Å². The molecule has 1 aromatic carbocycles. The molecule has 96 valence electrons. The van der Waals surface area contributed by atoms with Crippen LogP contribution in [0.1, 0.15) is 35.7 Å². The minimum atomic E-state index is -0.975. The molecule has 1 atom stereocenters. The number of halogens is 2. The molecular weight excluding hydrogens is 255 g/mol. The van der Waals surface area contributed by atoms with Gasteiger partial charge in [0.05, 0.1) is 0 Å². The highest BCUT2D eigenvalue weighted by atomic mass is 35.5. The van der Waals surface area contributed by atoms with Crippen LogP contribution in [-0.4, -0.2) is 5.11 Å². The normalized spacial score (nSPS) is 12.7. The second kappa shape index (κ2) is 5.12. The Kier molecular flexibility index (Phi) is 3.73. The Morgan fingerprint density at radius 2 is 2.11 bits per heavy atom. The van der Waals surface area contributed by atoms with Crippen molar-refractivity contribution in [3.8, 4) is 0 Å². The Bertz CT molecular complexity index is 563. The molecule has 0 saturated carbocycles. The van der Waals surface area contributed by atoms with Crippen LogP contribution >= 0.6 is 11.6 Å². The van der Waals surface area contributed by atoms with Crippen molar-refractivity contribution in [2.45, 2.75) is 26.4 Å². The van der Waals surface area contributed by atoms with E-state index in [1.807, 2.05) is 13.0 Å². The topological polar surface area (TPSA) is 33.4 Å². The summed E-state index contributed by atoms with van der Waals surface area (Å²) in [5.41, 5.74) is 0.892. The fraction of sp³-hybridized carbons (Fsp3) is 0.286. The first-order chi connectivity index (χ1) is 8.52. The van der Waals surface area contributed by atoms with Crippen LogP contribution in [0.3, 0.4) is 0 Å². The van der Waals surface area contributed by atoms with Gasteiger partial charge in [-0.05, 0) is 36.8 Å². The van der Waals surface area contributed by atoms with Gasteiger partial charge in [-0.2, -0.15) is 0 Å². The summed E-state index contributed by atoms with van der Waals surface area (Å²) in [6, 6.07) is 6.26. The summed E-state index contributed by atoms with van der Waals surface area (Å²) in [7, 11) is 0. The van der Waals surface area contributed by atoms with E-state index in [4.69, 9.17) is 16.0 Å². The Balaban J connectivity index is 2.39. The lowest BCUT2D eigenvalue weighted by Crippen LogP contribution is -2.01. The zero-order valence-electron chi connectivity index (χ0n) is 10.2. The van der Waals surface area contributed by atoms with Crippen molar-refractivity contribution in [1.82, 2.24) is 0 Å². The molecule has 4 heteroatoms. The number of benzene rings is 1. The van der Waals surface area contributed by atoms with Gasteiger partial charge >= 0.3 is 0 Å². The summed E-state index contributed by atoms with van der Waals surface area (Å²) in [6.45, 7) is 3.59. The predicted molar refractivity (Wildman–Crippen MR) is 68.3 cm³/mol. The van der Waals surface area contributed by atoms with Crippen molar-refractivity contribution in [1.29, 1.82) is 0 Å². The average Bonchev–Trinajstić information content (AvgIpc) is 2.81. The van der Waals surface area contributed by atoms with Gasteiger partial charge in [0.1, 0.15) is 23.4 Å². The first-order valence-corrected chi connectivity index (χ1v) is 6.13. The molecule has 0 radical (unpaired) electrons. The van der Waals surface area contributed by atoms with Gasteiger partial charge in [0, 0.05) is 17.0 Å². The summed E-state index contributed by atoms with van der Waals surface area (Å²) in [5.74, 6) is 0.823. The first kappa shape index (κ1) is 13.1. The molecule has 1 aromatic heterocycles. The molecule has 0 aliphatic rings. The van der Waals surface area contributed by atoms with E-state index in [-0.39, 0.29) is 10.8 Å². The number of aliphatic hydroxyl groups is 1. The van der Waals surface area contributed by atoms with Crippen molar-refractivity contribution in [3.63, 3.8) is 0 Å². The van der Waals surface area contributed by atoms with Crippen molar-refractivity contribution in [3.05, 3.63) is 57.8 Å². The lowest BCUT2D eigenvalue weighted by molar-refractivity contribution is 0.187. The van der Waals surface area contributed by atoms with Gasteiger partial charge in [-0.1, -0.05) is 18.5 Å². The fourth-order valence-corrected chi connectivity index (χ4v) is 2.03. The Morgan fingerprint density at radius 1 is 1.39 bits per heavy atom. The number of aliphatic hydroxyl groups excluding tert-OH is 1. The fourth-order valence-electron chi connectivity index (χ4n) is 1.77. The number of hydrogen-bond acceptors (Lipinski definition) is 2. The molecular formula is C14H14ClFO2. The highest BCUT2D eigenvalue weighted by Crippen LogP contribution is 2.31. The second-order valence-corrected chi connectivity index (χ2v) is 4.59. The molecule has 2 nitrogen and oxygen atoms in total. The van der Waals surface area contributed by atoms with Crippen molar-refractivity contribution in [2.24, 2.45) is 0 Å². The molecule has 1 N–H and O–H groups in total. The third-order valence-electron chi connectivity index (χ3n) is 2.87. The Morgan fingerprint density at radius 3 is 2.72 bits per heavy atom. The van der Waals surface area contributed by atoms with E-state index in [2.05, 4.69) is 0 Å². The number of furan rings is 1. The van der Waals surface area contributed by atoms with Crippen LogP contribution in [0.15, 0.2) is 28.7 Å². The molecule has 0 amide bonds. The van der Waals surface area contributed by atoms with Crippen LogP contribution in [0.25, 0.3) is 0 Å². The van der Waals surface area contributed by atoms with Crippen LogP contribution in [0, 0.1) is 12.7 Å². The van der Waals surface area contributed by atoms with Crippen LogP contribution in [-0.2, 0) is 6.42 Å². The summed E-state index contributed by atoms with van der Waals surface area (Å²) in [6.07, 6.45) is -0.222. The molecule has 18 heavy (non-hydrogen) atoms. The molecule has 0 saturated heterocycles. The molecule has 2 rings (SSSR count). The van der Waals surface area contributed by atoms with E-state index in [0.717, 1.165) is 12.2 Å². The summed E-state index contributed by atoms with van der Waals surface area (Å²) < 4.78 is 18.8. The molecule has 2 aromatic rings. The molecule has 1 heterocycles. The highest BCUT2D eigenvalue weighted by Gasteiger charge is 2.19. The quantitative estimate of drug-likeness (QED) is 0.912. The minimum Gasteiger partial charge on any atom is -0.463 e. The lowest BCUT2D eigenvalue weighted by Gasteiger charge is -2.11. The molecule has 0 aliphatic carbocycles. The maximum absolute atomic E-state index is 13.3. The third kappa shape index (κ3) is 2.42. The second-order valence-electron chi connectivity index (χ2n) is 4.18. The maximum atomic E-state index is 13.3. The van der Waals surface area contributed by atoms with Gasteiger partial charge in [0.15, 0.2) is 0 Å². The maximum Gasteiger partial charge on any atom is 0.138 e. The van der Waals surface area contributed by atoms with Gasteiger partial charge < -0.3 is 9.52 Å². The van der Waals surface area contributed by atoms with E-state index in [1.165, 1.54) is 12.1 Å². The van der Waals surface area contributed by atoms with E-state index in [1.54, 1.807) is 13.0 Å². The van der Waals surface area contributed by atoms with Crippen LogP contribution < -0.4 is 0 Å². The standard InChI is InChI=1S/C14H14ClFO2/c1-3-9-4-5-13(18-9)14(17)10-6-8(2)12(16)7-11(10)15/h4-7,14,17H,3H2,1-2H3. The molecule has 0 fully saturated rings. The van der Waals surface area contributed by atoms with E-state index in [9.17, 15) is 9.50 Å². The van der Waals surface area contributed by atoms with E-state index >= 15 is 0 Å². The molecule has 0 bridgehead atoms. The van der Waals surface area contributed by atoms with Crippen LogP contribution in [0.5, 0.6) is 0 Å². The average molecular weight is 269 g/mol. The number of aryl methyl sites for hydroxylation is 2. The summed E-state index contributed by atoms with van der Waals surface area (Å²) in [4.78, 5) is 0. The van der Waals surface area contributed by atoms with Crippen molar-refractivity contribution >= 4 is 11.6 Å². The monoisotopic (exact) mass is 268 g/mol. The van der Waals surface area contributed by atoms with E-state index in [0.29, 0.717) is 16.9 Å². The van der Waals surface area contributed by atoms with Crippen LogP contribution in [0.2, 0.25) is 5.02 Å². The van der Waals surface area contributed by atoms with Crippen molar-refractivity contribution in [2.75, 3.05) is 0 Å². The summed E-state index contributed by atoms with van der Waals surface area (Å²) in [5, 5.41) is 10.4. The Labute approximate surface area is 110 Å². The van der Waals surface area contributed by atoms with Gasteiger partial charge in [0.25, 0.3) is 0 Å². The highest BCUT2D eigenvalue weighted by molar-refractivity contribution is 6.31. The smallest absolute Gasteiger partial charge is 0.138 e. The number of rotatable bonds is 3. The molecule has 1 unspecified atom stereocenters. The first-order valence-electron chi connectivity index (χ1n) is 5.75. The zero-order valence-corrected chi connectivity index (χ0v) is 11.0. The largest absolute Gasteiger partial charge is 0.463 e. The van der Waals surface area contributed by atoms with Gasteiger partial charge in [-0.25, -0.2) is 4.39 Å². The number of hydrogen-bond donors (Lipinski definition) is 1. The predicted octanol–water partition coefficient (Wildman–Crippen LogP) is 4.02. The molecule has 0 aliphatic heterocycles. The van der Waals surface area contributed by atoms with Crippen LogP contribution in [0.4, 0.5) is 4.39 Å². The molecule has 0 spiro atoms. The SMILES string of the molecule is CCc1ccc(C(O)c2cc(C)c(F)cc2Cl)o1. The van der Waals surface area contributed by atoms with Crippen molar-refractivity contribution < 1.29 is 13.9 Å². The minimum absolute atomic E-state index is 0.194.